The molecular formula is C16H23N3O2. The van der Waals surface area contributed by atoms with Crippen LogP contribution in [0.15, 0.2) is 18.3 Å². The Labute approximate surface area is 125 Å². The number of amides is 2. The molecule has 1 aromatic rings. The lowest BCUT2D eigenvalue weighted by atomic mass is 10.1. The van der Waals surface area contributed by atoms with Gasteiger partial charge in [0.1, 0.15) is 5.69 Å². The quantitative estimate of drug-likeness (QED) is 0.923. The van der Waals surface area contributed by atoms with Gasteiger partial charge in [0.2, 0.25) is 0 Å². The molecule has 21 heavy (non-hydrogen) atoms. The first-order valence-electron chi connectivity index (χ1n) is 7.61. The molecule has 0 bridgehead atoms. The largest absolute Gasteiger partial charge is 0.352 e. The zero-order chi connectivity index (χ0) is 15.2. The minimum atomic E-state index is -0.154. The van der Waals surface area contributed by atoms with Gasteiger partial charge in [-0.2, -0.15) is 0 Å². The van der Waals surface area contributed by atoms with Crippen molar-refractivity contribution >= 4 is 11.8 Å². The van der Waals surface area contributed by atoms with Crippen molar-refractivity contribution in [2.75, 3.05) is 19.6 Å². The van der Waals surface area contributed by atoms with Crippen molar-refractivity contribution in [3.63, 3.8) is 0 Å². The zero-order valence-corrected chi connectivity index (χ0v) is 12.8. The molecule has 5 heteroatoms. The van der Waals surface area contributed by atoms with Crippen LogP contribution in [0.2, 0.25) is 0 Å². The van der Waals surface area contributed by atoms with E-state index in [4.69, 9.17) is 0 Å². The number of piperidine rings is 1. The summed E-state index contributed by atoms with van der Waals surface area (Å²) >= 11 is 0. The molecule has 5 nitrogen and oxygen atoms in total. The topological polar surface area (TPSA) is 62.3 Å². The molecule has 0 aliphatic carbocycles. The second-order valence-corrected chi connectivity index (χ2v) is 5.89. The highest BCUT2D eigenvalue weighted by Gasteiger charge is 2.20. The number of carbonyl (C=O) groups excluding carboxylic acids is 2. The average Bonchev–Trinajstić information content (AvgIpc) is 2.52. The van der Waals surface area contributed by atoms with Crippen LogP contribution < -0.4 is 5.32 Å². The van der Waals surface area contributed by atoms with Gasteiger partial charge in [0.25, 0.3) is 11.8 Å². The standard InChI is InChI=1S/C16H23N3O2/c1-12(2)11-18-15(20)13-6-7-17-14(10-13)16(21)19-8-4-3-5-9-19/h6-7,10,12H,3-5,8-9,11H2,1-2H3,(H,18,20). The molecular weight excluding hydrogens is 266 g/mol. The Morgan fingerprint density at radius 2 is 2.00 bits per heavy atom. The molecule has 0 unspecified atom stereocenters. The van der Waals surface area contributed by atoms with Crippen LogP contribution in [0.1, 0.15) is 54.0 Å². The van der Waals surface area contributed by atoms with Crippen molar-refractivity contribution in [1.82, 2.24) is 15.2 Å². The van der Waals surface area contributed by atoms with Gasteiger partial charge < -0.3 is 10.2 Å². The van der Waals surface area contributed by atoms with E-state index in [2.05, 4.69) is 10.3 Å². The number of carbonyl (C=O) groups is 2. The van der Waals surface area contributed by atoms with Crippen LogP contribution in [-0.4, -0.2) is 41.3 Å². The number of hydrogen-bond donors (Lipinski definition) is 1. The normalized spacial score (nSPS) is 15.1. The van der Waals surface area contributed by atoms with Gasteiger partial charge >= 0.3 is 0 Å². The van der Waals surface area contributed by atoms with Crippen molar-refractivity contribution in [2.45, 2.75) is 33.1 Å². The Bertz CT molecular complexity index is 508. The fourth-order valence-corrected chi connectivity index (χ4v) is 2.35. The summed E-state index contributed by atoms with van der Waals surface area (Å²) in [5.74, 6) is 0.164. The van der Waals surface area contributed by atoms with Crippen LogP contribution in [-0.2, 0) is 0 Å². The third-order valence-electron chi connectivity index (χ3n) is 3.56. The number of nitrogens with one attached hydrogen (secondary N) is 1. The van der Waals surface area contributed by atoms with Crippen LogP contribution >= 0.6 is 0 Å². The number of pyridine rings is 1. The van der Waals surface area contributed by atoms with Gasteiger partial charge in [-0.1, -0.05) is 13.8 Å². The first kappa shape index (κ1) is 15.5. The average molecular weight is 289 g/mol. The lowest BCUT2D eigenvalue weighted by Crippen LogP contribution is -2.36. The molecule has 0 saturated carbocycles. The van der Waals surface area contributed by atoms with E-state index < -0.39 is 0 Å². The Morgan fingerprint density at radius 3 is 2.67 bits per heavy atom. The summed E-state index contributed by atoms with van der Waals surface area (Å²) in [4.78, 5) is 30.4. The minimum Gasteiger partial charge on any atom is -0.352 e. The molecule has 0 atom stereocenters. The second-order valence-electron chi connectivity index (χ2n) is 5.89. The van der Waals surface area contributed by atoms with Gasteiger partial charge in [-0.25, -0.2) is 0 Å². The molecule has 0 spiro atoms. The van der Waals surface area contributed by atoms with E-state index in [0.717, 1.165) is 25.9 Å². The highest BCUT2D eigenvalue weighted by Crippen LogP contribution is 2.13. The van der Waals surface area contributed by atoms with Crippen LogP contribution in [0, 0.1) is 5.92 Å². The van der Waals surface area contributed by atoms with Gasteiger partial charge in [-0.15, -0.1) is 0 Å². The number of aromatic nitrogens is 1. The molecule has 1 aliphatic heterocycles. The van der Waals surface area contributed by atoms with Crippen LogP contribution in [0.3, 0.4) is 0 Å². The number of nitrogens with zero attached hydrogens (tertiary/aromatic N) is 2. The third-order valence-corrected chi connectivity index (χ3v) is 3.56. The first-order valence-corrected chi connectivity index (χ1v) is 7.61. The van der Waals surface area contributed by atoms with Gasteiger partial charge in [0.15, 0.2) is 0 Å². The molecule has 114 valence electrons. The molecule has 2 rings (SSSR count). The first-order chi connectivity index (χ1) is 10.1. The summed E-state index contributed by atoms with van der Waals surface area (Å²) in [6, 6.07) is 3.23. The summed E-state index contributed by atoms with van der Waals surface area (Å²) in [5, 5.41) is 2.85. The van der Waals surface area contributed by atoms with E-state index in [1.165, 1.54) is 12.6 Å². The maximum absolute atomic E-state index is 12.4. The molecule has 1 saturated heterocycles. The highest BCUT2D eigenvalue weighted by atomic mass is 16.2. The molecule has 1 N–H and O–H groups in total. The fourth-order valence-electron chi connectivity index (χ4n) is 2.35. The van der Waals surface area contributed by atoms with Gasteiger partial charge in [0, 0.05) is 31.4 Å². The second kappa shape index (κ2) is 7.20. The summed E-state index contributed by atoms with van der Waals surface area (Å²) in [6.07, 6.45) is 4.79. The highest BCUT2D eigenvalue weighted by molar-refractivity contribution is 5.98. The Hall–Kier alpha value is -1.91. The summed E-state index contributed by atoms with van der Waals surface area (Å²) in [5.41, 5.74) is 0.847. The Kier molecular flexibility index (Phi) is 5.31. The maximum atomic E-state index is 12.4. The molecule has 2 heterocycles. The molecule has 1 fully saturated rings. The van der Waals surface area contributed by atoms with E-state index in [9.17, 15) is 9.59 Å². The van der Waals surface area contributed by atoms with Crippen molar-refractivity contribution in [2.24, 2.45) is 5.92 Å². The molecule has 1 aliphatic rings. The lowest BCUT2D eigenvalue weighted by molar-refractivity contribution is 0.0718. The molecule has 2 amide bonds. The van der Waals surface area contributed by atoms with Crippen molar-refractivity contribution in [3.8, 4) is 0 Å². The zero-order valence-electron chi connectivity index (χ0n) is 12.8. The Morgan fingerprint density at radius 1 is 1.29 bits per heavy atom. The lowest BCUT2D eigenvalue weighted by Gasteiger charge is -2.26. The van der Waals surface area contributed by atoms with E-state index in [-0.39, 0.29) is 11.8 Å². The summed E-state index contributed by atoms with van der Waals surface area (Å²) in [6.45, 7) is 6.27. The molecule has 1 aromatic heterocycles. The minimum absolute atomic E-state index is 0.0757. The smallest absolute Gasteiger partial charge is 0.272 e. The Balaban J connectivity index is 2.06. The number of likely N-dealkylation sites (tertiary alicyclic amines) is 1. The summed E-state index contributed by atoms with van der Waals surface area (Å²) in [7, 11) is 0. The van der Waals surface area contributed by atoms with Crippen LogP contribution in [0.5, 0.6) is 0 Å². The van der Waals surface area contributed by atoms with E-state index in [1.54, 1.807) is 12.1 Å². The van der Waals surface area contributed by atoms with Crippen LogP contribution in [0.25, 0.3) is 0 Å². The maximum Gasteiger partial charge on any atom is 0.272 e. The van der Waals surface area contributed by atoms with Crippen molar-refractivity contribution < 1.29 is 9.59 Å². The summed E-state index contributed by atoms with van der Waals surface area (Å²) < 4.78 is 0. The third kappa shape index (κ3) is 4.28. The van der Waals surface area contributed by atoms with Gasteiger partial charge in [0.05, 0.1) is 0 Å². The van der Waals surface area contributed by atoms with Crippen molar-refractivity contribution in [3.05, 3.63) is 29.6 Å². The van der Waals surface area contributed by atoms with E-state index in [1.807, 2.05) is 18.7 Å². The van der Waals surface area contributed by atoms with E-state index in [0.29, 0.717) is 23.7 Å². The fraction of sp³-hybridized carbons (Fsp3) is 0.562. The van der Waals surface area contributed by atoms with Crippen LogP contribution in [0.4, 0.5) is 0 Å². The predicted molar refractivity (Wildman–Crippen MR) is 81.2 cm³/mol. The van der Waals surface area contributed by atoms with Gasteiger partial charge in [-0.3, -0.25) is 14.6 Å². The predicted octanol–water partition coefficient (Wildman–Crippen LogP) is 2.09. The number of rotatable bonds is 4. The molecule has 0 aromatic carbocycles. The SMILES string of the molecule is CC(C)CNC(=O)c1ccnc(C(=O)N2CCCCC2)c1. The van der Waals surface area contributed by atoms with Crippen molar-refractivity contribution in [1.29, 1.82) is 0 Å². The molecule has 0 radical (unpaired) electrons. The van der Waals surface area contributed by atoms with Gasteiger partial charge in [-0.05, 0) is 37.3 Å². The monoisotopic (exact) mass is 289 g/mol. The van der Waals surface area contributed by atoms with E-state index >= 15 is 0 Å². The number of hydrogen-bond acceptors (Lipinski definition) is 3.